The van der Waals surface area contributed by atoms with Crippen LogP contribution in [0.3, 0.4) is 0 Å². The zero-order valence-corrected chi connectivity index (χ0v) is 12.8. The van der Waals surface area contributed by atoms with E-state index in [9.17, 15) is 4.79 Å². The number of aromatic nitrogens is 1. The van der Waals surface area contributed by atoms with Crippen LogP contribution in [0.25, 0.3) is 0 Å². The number of rotatable bonds is 5. The first-order valence-electron chi connectivity index (χ1n) is 7.30. The zero-order chi connectivity index (χ0) is 13.7. The molecule has 0 unspecified atom stereocenters. The van der Waals surface area contributed by atoms with Gasteiger partial charge in [0.1, 0.15) is 0 Å². The van der Waals surface area contributed by atoms with E-state index in [0.29, 0.717) is 13.0 Å². The first kappa shape index (κ1) is 14.5. The molecule has 106 valence electrons. The maximum atomic E-state index is 12.1. The maximum Gasteiger partial charge on any atom is 0.222 e. The standard InChI is InChI=1S/C15H24N2OS/c1-12-16-10-14(19-12)11-17(2)15(18)9-8-13-6-4-3-5-7-13/h10,13H,3-9,11H2,1-2H3. The van der Waals surface area contributed by atoms with Crippen molar-refractivity contribution in [3.63, 3.8) is 0 Å². The molecule has 0 aromatic carbocycles. The fraction of sp³-hybridized carbons (Fsp3) is 0.733. The smallest absolute Gasteiger partial charge is 0.222 e. The number of carbonyl (C=O) groups excluding carboxylic acids is 1. The predicted octanol–water partition coefficient (Wildman–Crippen LogP) is 3.77. The van der Waals surface area contributed by atoms with Crippen molar-refractivity contribution in [3.05, 3.63) is 16.1 Å². The van der Waals surface area contributed by atoms with Crippen molar-refractivity contribution >= 4 is 17.2 Å². The van der Waals surface area contributed by atoms with E-state index >= 15 is 0 Å². The van der Waals surface area contributed by atoms with Crippen molar-refractivity contribution in [1.29, 1.82) is 0 Å². The van der Waals surface area contributed by atoms with E-state index in [0.717, 1.165) is 17.3 Å². The number of thiazole rings is 1. The second-order valence-corrected chi connectivity index (χ2v) is 6.96. The van der Waals surface area contributed by atoms with Crippen molar-refractivity contribution in [2.24, 2.45) is 5.92 Å². The van der Waals surface area contributed by atoms with Crippen LogP contribution in [0.1, 0.15) is 54.8 Å². The molecule has 1 amide bonds. The first-order chi connectivity index (χ1) is 9.15. The van der Waals surface area contributed by atoms with Gasteiger partial charge in [0.25, 0.3) is 0 Å². The Morgan fingerprint density at radius 2 is 2.16 bits per heavy atom. The van der Waals surface area contributed by atoms with E-state index in [1.54, 1.807) is 11.3 Å². The molecule has 2 rings (SSSR count). The van der Waals surface area contributed by atoms with E-state index in [-0.39, 0.29) is 5.91 Å². The molecule has 1 heterocycles. The van der Waals surface area contributed by atoms with Crippen molar-refractivity contribution < 1.29 is 4.79 Å². The summed E-state index contributed by atoms with van der Waals surface area (Å²) in [6.45, 7) is 2.70. The molecule has 1 aromatic heterocycles. The highest BCUT2D eigenvalue weighted by Gasteiger charge is 2.16. The molecule has 1 fully saturated rings. The Morgan fingerprint density at radius 3 is 2.79 bits per heavy atom. The molecule has 0 bridgehead atoms. The molecule has 1 aliphatic rings. The topological polar surface area (TPSA) is 33.2 Å². The fourth-order valence-electron chi connectivity index (χ4n) is 2.79. The van der Waals surface area contributed by atoms with Gasteiger partial charge >= 0.3 is 0 Å². The molecule has 1 aromatic rings. The van der Waals surface area contributed by atoms with Crippen LogP contribution < -0.4 is 0 Å². The SMILES string of the molecule is Cc1ncc(CN(C)C(=O)CCC2CCCCC2)s1. The highest BCUT2D eigenvalue weighted by molar-refractivity contribution is 7.11. The van der Waals surface area contributed by atoms with Crippen LogP contribution in [0.5, 0.6) is 0 Å². The lowest BCUT2D eigenvalue weighted by molar-refractivity contribution is -0.130. The largest absolute Gasteiger partial charge is 0.341 e. The van der Waals surface area contributed by atoms with E-state index in [2.05, 4.69) is 4.98 Å². The van der Waals surface area contributed by atoms with E-state index in [1.807, 2.05) is 25.1 Å². The van der Waals surface area contributed by atoms with Crippen molar-refractivity contribution in [1.82, 2.24) is 9.88 Å². The molecule has 0 spiro atoms. The van der Waals surface area contributed by atoms with Gasteiger partial charge in [-0.15, -0.1) is 11.3 Å². The molecular formula is C15H24N2OS. The van der Waals surface area contributed by atoms with Crippen molar-refractivity contribution in [3.8, 4) is 0 Å². The molecule has 0 saturated heterocycles. The quantitative estimate of drug-likeness (QED) is 0.822. The molecule has 19 heavy (non-hydrogen) atoms. The van der Waals surface area contributed by atoms with Gasteiger partial charge in [-0.1, -0.05) is 32.1 Å². The van der Waals surface area contributed by atoms with Gasteiger partial charge in [-0.05, 0) is 19.3 Å². The molecule has 0 radical (unpaired) electrons. The summed E-state index contributed by atoms with van der Waals surface area (Å²) < 4.78 is 0. The van der Waals surface area contributed by atoms with Gasteiger partial charge in [0, 0.05) is 24.5 Å². The van der Waals surface area contributed by atoms with Gasteiger partial charge in [0.15, 0.2) is 0 Å². The molecule has 1 aliphatic carbocycles. The average Bonchev–Trinajstić information content (AvgIpc) is 2.82. The third-order valence-corrected chi connectivity index (χ3v) is 4.88. The average molecular weight is 280 g/mol. The Kier molecular flexibility index (Phi) is 5.37. The molecule has 4 heteroatoms. The highest BCUT2D eigenvalue weighted by Crippen LogP contribution is 2.27. The van der Waals surface area contributed by atoms with Gasteiger partial charge in [-0.25, -0.2) is 4.98 Å². The lowest BCUT2D eigenvalue weighted by Gasteiger charge is -2.22. The number of hydrogen-bond donors (Lipinski definition) is 0. The van der Waals surface area contributed by atoms with E-state index < -0.39 is 0 Å². The van der Waals surface area contributed by atoms with Crippen LogP contribution in [-0.4, -0.2) is 22.8 Å². The second-order valence-electron chi connectivity index (χ2n) is 5.64. The predicted molar refractivity (Wildman–Crippen MR) is 79.1 cm³/mol. The minimum atomic E-state index is 0.275. The summed E-state index contributed by atoms with van der Waals surface area (Å²) in [7, 11) is 1.90. The molecule has 0 atom stereocenters. The number of nitrogens with zero attached hydrogens (tertiary/aromatic N) is 2. The minimum Gasteiger partial charge on any atom is -0.341 e. The Morgan fingerprint density at radius 1 is 1.42 bits per heavy atom. The minimum absolute atomic E-state index is 0.275. The summed E-state index contributed by atoms with van der Waals surface area (Å²) in [5.74, 6) is 1.06. The van der Waals surface area contributed by atoms with Gasteiger partial charge in [-0.2, -0.15) is 0 Å². The van der Waals surface area contributed by atoms with E-state index in [4.69, 9.17) is 0 Å². The van der Waals surface area contributed by atoms with Crippen LogP contribution >= 0.6 is 11.3 Å². The highest BCUT2D eigenvalue weighted by atomic mass is 32.1. The summed E-state index contributed by atoms with van der Waals surface area (Å²) in [6.07, 6.45) is 10.4. The summed E-state index contributed by atoms with van der Waals surface area (Å²) in [6, 6.07) is 0. The van der Waals surface area contributed by atoms with Crippen molar-refractivity contribution in [2.45, 2.75) is 58.4 Å². The van der Waals surface area contributed by atoms with Gasteiger partial charge in [0.05, 0.1) is 11.6 Å². The maximum absolute atomic E-state index is 12.1. The zero-order valence-electron chi connectivity index (χ0n) is 12.0. The molecule has 0 aliphatic heterocycles. The Bertz CT molecular complexity index is 410. The first-order valence-corrected chi connectivity index (χ1v) is 8.12. The monoisotopic (exact) mass is 280 g/mol. The van der Waals surface area contributed by atoms with Gasteiger partial charge in [0.2, 0.25) is 5.91 Å². The van der Waals surface area contributed by atoms with Crippen LogP contribution in [0.4, 0.5) is 0 Å². The number of aryl methyl sites for hydroxylation is 1. The van der Waals surface area contributed by atoms with Crippen LogP contribution in [0, 0.1) is 12.8 Å². The Labute approximate surface area is 120 Å². The summed E-state index contributed by atoms with van der Waals surface area (Å²) in [5.41, 5.74) is 0. The Balaban J connectivity index is 1.72. The summed E-state index contributed by atoms with van der Waals surface area (Å²) >= 11 is 1.67. The molecule has 3 nitrogen and oxygen atoms in total. The molecule has 0 N–H and O–H groups in total. The van der Waals surface area contributed by atoms with Gasteiger partial charge in [-0.3, -0.25) is 4.79 Å². The third-order valence-electron chi connectivity index (χ3n) is 3.98. The summed E-state index contributed by atoms with van der Waals surface area (Å²) in [4.78, 5) is 19.4. The van der Waals surface area contributed by atoms with E-state index in [1.165, 1.54) is 37.0 Å². The lowest BCUT2D eigenvalue weighted by atomic mass is 9.86. The van der Waals surface area contributed by atoms with Crippen LogP contribution in [-0.2, 0) is 11.3 Å². The van der Waals surface area contributed by atoms with Gasteiger partial charge < -0.3 is 4.90 Å². The van der Waals surface area contributed by atoms with Crippen LogP contribution in [0.15, 0.2) is 6.20 Å². The van der Waals surface area contributed by atoms with Crippen LogP contribution in [0.2, 0.25) is 0 Å². The third kappa shape index (κ3) is 4.60. The normalized spacial score (nSPS) is 16.5. The summed E-state index contributed by atoms with van der Waals surface area (Å²) in [5, 5.41) is 1.07. The van der Waals surface area contributed by atoms with Crippen molar-refractivity contribution in [2.75, 3.05) is 7.05 Å². The second kappa shape index (κ2) is 7.04. The fourth-order valence-corrected chi connectivity index (χ4v) is 3.64. The number of hydrogen-bond acceptors (Lipinski definition) is 3. The lowest BCUT2D eigenvalue weighted by Crippen LogP contribution is -2.26. The molecule has 1 saturated carbocycles. The number of carbonyl (C=O) groups is 1. The molecular weight excluding hydrogens is 256 g/mol. The Hall–Kier alpha value is -0.900. The number of amides is 1.